The van der Waals surface area contributed by atoms with Gasteiger partial charge in [-0.2, -0.15) is 0 Å². The van der Waals surface area contributed by atoms with E-state index < -0.39 is 0 Å². The van der Waals surface area contributed by atoms with Gasteiger partial charge in [0.1, 0.15) is 0 Å². The second-order valence-electron chi connectivity index (χ2n) is 5.41. The molecule has 96 valence electrons. The maximum absolute atomic E-state index is 3.60. The van der Waals surface area contributed by atoms with E-state index in [9.17, 15) is 0 Å². The van der Waals surface area contributed by atoms with Gasteiger partial charge in [0.05, 0.1) is 0 Å². The van der Waals surface area contributed by atoms with E-state index in [4.69, 9.17) is 0 Å². The van der Waals surface area contributed by atoms with Crippen molar-refractivity contribution in [1.82, 2.24) is 5.32 Å². The molecule has 0 heterocycles. The first kappa shape index (κ1) is 14.2. The Labute approximate surface area is 107 Å². The minimum atomic E-state index is 0.668. The summed E-state index contributed by atoms with van der Waals surface area (Å²) in [5.74, 6) is 0.775. The SMILES string of the molecule is CCNC(CCc1ccc(C)cc1)CC(C)C. The van der Waals surface area contributed by atoms with E-state index in [-0.39, 0.29) is 0 Å². The lowest BCUT2D eigenvalue weighted by Crippen LogP contribution is -2.30. The van der Waals surface area contributed by atoms with Crippen molar-refractivity contribution < 1.29 is 0 Å². The zero-order valence-electron chi connectivity index (χ0n) is 11.8. The molecule has 1 heteroatoms. The number of aryl methyl sites for hydroxylation is 2. The first-order chi connectivity index (χ1) is 8.11. The molecule has 0 radical (unpaired) electrons. The minimum absolute atomic E-state index is 0.668. The van der Waals surface area contributed by atoms with Gasteiger partial charge in [0.15, 0.2) is 0 Å². The second kappa shape index (κ2) is 7.50. The van der Waals surface area contributed by atoms with Crippen molar-refractivity contribution in [2.24, 2.45) is 5.92 Å². The molecule has 1 atom stereocenters. The number of nitrogens with one attached hydrogen (secondary N) is 1. The fourth-order valence-corrected chi connectivity index (χ4v) is 2.26. The topological polar surface area (TPSA) is 12.0 Å². The van der Waals surface area contributed by atoms with Gasteiger partial charge in [-0.05, 0) is 44.2 Å². The van der Waals surface area contributed by atoms with Crippen molar-refractivity contribution in [3.8, 4) is 0 Å². The average Bonchev–Trinajstić information content (AvgIpc) is 2.27. The van der Waals surface area contributed by atoms with E-state index in [0.29, 0.717) is 6.04 Å². The first-order valence-corrected chi connectivity index (χ1v) is 6.90. The molecule has 0 aliphatic rings. The maximum Gasteiger partial charge on any atom is 0.00725 e. The second-order valence-corrected chi connectivity index (χ2v) is 5.41. The lowest BCUT2D eigenvalue weighted by molar-refractivity contribution is 0.405. The predicted molar refractivity (Wildman–Crippen MR) is 76.4 cm³/mol. The molecule has 0 bridgehead atoms. The molecule has 0 aliphatic carbocycles. The zero-order valence-corrected chi connectivity index (χ0v) is 11.8. The lowest BCUT2D eigenvalue weighted by atomic mass is 9.97. The molecule has 0 amide bonds. The molecule has 0 aliphatic heterocycles. The Morgan fingerprint density at radius 3 is 2.29 bits per heavy atom. The lowest BCUT2D eigenvalue weighted by Gasteiger charge is -2.19. The Morgan fingerprint density at radius 1 is 1.12 bits per heavy atom. The van der Waals surface area contributed by atoms with Crippen LogP contribution in [-0.4, -0.2) is 12.6 Å². The molecule has 1 N–H and O–H groups in total. The van der Waals surface area contributed by atoms with Crippen LogP contribution in [0.15, 0.2) is 24.3 Å². The highest BCUT2D eigenvalue weighted by Gasteiger charge is 2.09. The summed E-state index contributed by atoms with van der Waals surface area (Å²) in [6.07, 6.45) is 3.71. The molecule has 1 rings (SSSR count). The Bertz CT molecular complexity index is 300. The number of benzene rings is 1. The van der Waals surface area contributed by atoms with Crippen LogP contribution in [0.4, 0.5) is 0 Å². The van der Waals surface area contributed by atoms with Gasteiger partial charge in [-0.15, -0.1) is 0 Å². The van der Waals surface area contributed by atoms with E-state index in [2.05, 4.69) is 57.3 Å². The predicted octanol–water partition coefficient (Wildman–Crippen LogP) is 3.95. The third-order valence-electron chi connectivity index (χ3n) is 3.15. The highest BCUT2D eigenvalue weighted by atomic mass is 14.9. The van der Waals surface area contributed by atoms with E-state index >= 15 is 0 Å². The van der Waals surface area contributed by atoms with Gasteiger partial charge in [-0.25, -0.2) is 0 Å². The molecule has 0 aromatic heterocycles. The highest BCUT2D eigenvalue weighted by Crippen LogP contribution is 2.12. The average molecular weight is 233 g/mol. The van der Waals surface area contributed by atoms with Crippen molar-refractivity contribution in [3.63, 3.8) is 0 Å². The highest BCUT2D eigenvalue weighted by molar-refractivity contribution is 5.21. The van der Waals surface area contributed by atoms with Crippen LogP contribution in [0.5, 0.6) is 0 Å². The van der Waals surface area contributed by atoms with E-state index in [1.54, 1.807) is 0 Å². The van der Waals surface area contributed by atoms with Crippen molar-refractivity contribution in [3.05, 3.63) is 35.4 Å². The van der Waals surface area contributed by atoms with Gasteiger partial charge in [-0.1, -0.05) is 50.6 Å². The molecule has 0 fully saturated rings. The van der Waals surface area contributed by atoms with Crippen LogP contribution in [0, 0.1) is 12.8 Å². The van der Waals surface area contributed by atoms with Crippen LogP contribution in [0.3, 0.4) is 0 Å². The smallest absolute Gasteiger partial charge is 0.00725 e. The van der Waals surface area contributed by atoms with Crippen LogP contribution >= 0.6 is 0 Å². The van der Waals surface area contributed by atoms with Gasteiger partial charge in [0, 0.05) is 6.04 Å². The van der Waals surface area contributed by atoms with Crippen molar-refractivity contribution in [1.29, 1.82) is 0 Å². The van der Waals surface area contributed by atoms with Crippen molar-refractivity contribution in [2.75, 3.05) is 6.54 Å². The monoisotopic (exact) mass is 233 g/mol. The van der Waals surface area contributed by atoms with Gasteiger partial charge < -0.3 is 5.32 Å². The number of rotatable bonds is 7. The zero-order chi connectivity index (χ0) is 12.7. The van der Waals surface area contributed by atoms with Crippen molar-refractivity contribution >= 4 is 0 Å². The minimum Gasteiger partial charge on any atom is -0.314 e. The Hall–Kier alpha value is -0.820. The summed E-state index contributed by atoms with van der Waals surface area (Å²) in [6.45, 7) is 10.0. The summed E-state index contributed by atoms with van der Waals surface area (Å²) in [6, 6.07) is 9.60. The number of hydrogen-bond acceptors (Lipinski definition) is 1. The van der Waals surface area contributed by atoms with Crippen LogP contribution in [-0.2, 0) is 6.42 Å². The molecule has 1 aromatic rings. The summed E-state index contributed by atoms with van der Waals surface area (Å²) in [5.41, 5.74) is 2.81. The molecular formula is C16H27N. The van der Waals surface area contributed by atoms with E-state index in [0.717, 1.165) is 12.5 Å². The fraction of sp³-hybridized carbons (Fsp3) is 0.625. The maximum atomic E-state index is 3.60. The Morgan fingerprint density at radius 2 is 1.76 bits per heavy atom. The van der Waals surface area contributed by atoms with E-state index in [1.165, 1.54) is 30.4 Å². The van der Waals surface area contributed by atoms with Gasteiger partial charge in [0.25, 0.3) is 0 Å². The summed E-state index contributed by atoms with van der Waals surface area (Å²) < 4.78 is 0. The number of hydrogen-bond donors (Lipinski definition) is 1. The standard InChI is InChI=1S/C16H27N/c1-5-17-16(12-13(2)3)11-10-15-8-6-14(4)7-9-15/h6-9,13,16-17H,5,10-12H2,1-4H3. The largest absolute Gasteiger partial charge is 0.314 e. The normalized spacial score (nSPS) is 13.0. The Kier molecular flexibility index (Phi) is 6.28. The molecule has 1 unspecified atom stereocenters. The van der Waals surface area contributed by atoms with Crippen LogP contribution in [0.25, 0.3) is 0 Å². The van der Waals surface area contributed by atoms with Gasteiger partial charge in [-0.3, -0.25) is 0 Å². The molecule has 1 aromatic carbocycles. The molecule has 0 saturated carbocycles. The molecular weight excluding hydrogens is 206 g/mol. The van der Waals surface area contributed by atoms with Crippen LogP contribution in [0.1, 0.15) is 44.7 Å². The summed E-state index contributed by atoms with van der Waals surface area (Å²) in [7, 11) is 0. The molecule has 1 nitrogen and oxygen atoms in total. The third-order valence-corrected chi connectivity index (χ3v) is 3.15. The molecule has 17 heavy (non-hydrogen) atoms. The Balaban J connectivity index is 2.42. The fourth-order valence-electron chi connectivity index (χ4n) is 2.26. The van der Waals surface area contributed by atoms with Crippen LogP contribution in [0.2, 0.25) is 0 Å². The summed E-state index contributed by atoms with van der Waals surface area (Å²) in [5, 5.41) is 3.60. The first-order valence-electron chi connectivity index (χ1n) is 6.90. The van der Waals surface area contributed by atoms with Crippen molar-refractivity contribution in [2.45, 2.75) is 53.0 Å². The molecule has 0 saturated heterocycles. The summed E-state index contributed by atoms with van der Waals surface area (Å²) >= 11 is 0. The van der Waals surface area contributed by atoms with E-state index in [1.807, 2.05) is 0 Å². The van der Waals surface area contributed by atoms with Crippen LogP contribution < -0.4 is 5.32 Å². The van der Waals surface area contributed by atoms with Gasteiger partial charge in [0.2, 0.25) is 0 Å². The molecule has 0 spiro atoms. The third kappa shape index (κ3) is 5.88. The summed E-state index contributed by atoms with van der Waals surface area (Å²) in [4.78, 5) is 0. The quantitative estimate of drug-likeness (QED) is 0.752. The van der Waals surface area contributed by atoms with Gasteiger partial charge >= 0.3 is 0 Å².